The van der Waals surface area contributed by atoms with Gasteiger partial charge in [0.15, 0.2) is 5.75 Å². The van der Waals surface area contributed by atoms with Crippen molar-refractivity contribution in [3.8, 4) is 5.75 Å². The van der Waals surface area contributed by atoms with Crippen LogP contribution in [0.4, 0.5) is 5.69 Å². The Kier molecular flexibility index (Phi) is 2.64. The molecule has 0 atom stereocenters. The van der Waals surface area contributed by atoms with Gasteiger partial charge in [-0.3, -0.25) is 10.1 Å². The Morgan fingerprint density at radius 3 is 2.69 bits per heavy atom. The van der Waals surface area contributed by atoms with E-state index in [9.17, 15) is 15.2 Å². The van der Waals surface area contributed by atoms with Gasteiger partial charge in [-0.1, -0.05) is 12.2 Å². The molecule has 0 fully saturated rings. The van der Waals surface area contributed by atoms with E-state index in [1.807, 2.05) is 6.92 Å². The monoisotopic (exact) mass is 179 g/mol. The molecule has 4 heteroatoms. The fourth-order valence-corrected chi connectivity index (χ4v) is 0.991. The van der Waals surface area contributed by atoms with Gasteiger partial charge in [0.1, 0.15) is 0 Å². The van der Waals surface area contributed by atoms with Crippen molar-refractivity contribution in [3.05, 3.63) is 40.0 Å². The van der Waals surface area contributed by atoms with E-state index >= 15 is 0 Å². The van der Waals surface area contributed by atoms with Crippen molar-refractivity contribution in [2.24, 2.45) is 0 Å². The number of nitro groups is 1. The van der Waals surface area contributed by atoms with Gasteiger partial charge in [-0.2, -0.15) is 0 Å². The second-order valence-electron chi connectivity index (χ2n) is 2.51. The maximum Gasteiger partial charge on any atom is 0.310 e. The molecule has 0 heterocycles. The molecule has 1 aromatic carbocycles. The molecular formula is C9H9NO3. The van der Waals surface area contributed by atoms with E-state index < -0.39 is 4.92 Å². The average molecular weight is 179 g/mol. The summed E-state index contributed by atoms with van der Waals surface area (Å²) in [5.41, 5.74) is 0.471. The van der Waals surface area contributed by atoms with Gasteiger partial charge in [-0.15, -0.1) is 0 Å². The van der Waals surface area contributed by atoms with Crippen LogP contribution in [0, 0.1) is 10.1 Å². The lowest BCUT2D eigenvalue weighted by Crippen LogP contribution is -1.88. The molecule has 1 N–H and O–H groups in total. The highest BCUT2D eigenvalue weighted by molar-refractivity contribution is 5.57. The molecule has 1 aromatic rings. The minimum atomic E-state index is -0.616. The first-order valence-electron chi connectivity index (χ1n) is 3.75. The van der Waals surface area contributed by atoms with Gasteiger partial charge < -0.3 is 5.11 Å². The third kappa shape index (κ3) is 2.05. The van der Waals surface area contributed by atoms with E-state index in [1.54, 1.807) is 18.2 Å². The summed E-state index contributed by atoms with van der Waals surface area (Å²) < 4.78 is 0. The Balaban J connectivity index is 3.12. The summed E-state index contributed by atoms with van der Waals surface area (Å²) >= 11 is 0. The maximum atomic E-state index is 10.3. The Hall–Kier alpha value is -1.84. The SMILES string of the molecule is C/C=C/c1ccc([N+](=O)[O-])c(O)c1. The van der Waals surface area contributed by atoms with E-state index in [4.69, 9.17) is 0 Å². The second-order valence-corrected chi connectivity index (χ2v) is 2.51. The van der Waals surface area contributed by atoms with Crippen molar-refractivity contribution in [1.29, 1.82) is 0 Å². The lowest BCUT2D eigenvalue weighted by Gasteiger charge is -1.96. The molecule has 0 aliphatic carbocycles. The van der Waals surface area contributed by atoms with Crippen molar-refractivity contribution in [2.75, 3.05) is 0 Å². The number of hydrogen-bond acceptors (Lipinski definition) is 3. The van der Waals surface area contributed by atoms with Crippen molar-refractivity contribution in [2.45, 2.75) is 6.92 Å². The van der Waals surface area contributed by atoms with Gasteiger partial charge >= 0.3 is 5.69 Å². The zero-order chi connectivity index (χ0) is 9.84. The normalized spacial score (nSPS) is 10.5. The first-order valence-corrected chi connectivity index (χ1v) is 3.75. The smallest absolute Gasteiger partial charge is 0.310 e. The minimum Gasteiger partial charge on any atom is -0.502 e. The summed E-state index contributed by atoms with van der Waals surface area (Å²) in [6, 6.07) is 4.22. The number of phenols is 1. The second kappa shape index (κ2) is 3.71. The van der Waals surface area contributed by atoms with Crippen LogP contribution in [0.5, 0.6) is 5.75 Å². The Labute approximate surface area is 75.3 Å². The number of phenolic OH excluding ortho intramolecular Hbond substituents is 1. The first kappa shape index (κ1) is 9.25. The predicted molar refractivity (Wildman–Crippen MR) is 49.5 cm³/mol. The quantitative estimate of drug-likeness (QED) is 0.559. The van der Waals surface area contributed by atoms with Crippen LogP contribution in [0.2, 0.25) is 0 Å². The Bertz CT molecular complexity index is 358. The van der Waals surface area contributed by atoms with Crippen molar-refractivity contribution in [3.63, 3.8) is 0 Å². The summed E-state index contributed by atoms with van der Waals surface area (Å²) in [5, 5.41) is 19.5. The van der Waals surface area contributed by atoms with Crippen LogP contribution < -0.4 is 0 Å². The first-order chi connectivity index (χ1) is 6.15. The highest BCUT2D eigenvalue weighted by Crippen LogP contribution is 2.26. The molecule has 1 rings (SSSR count). The average Bonchev–Trinajstić information content (AvgIpc) is 2.04. The van der Waals surface area contributed by atoms with Gasteiger partial charge in [-0.05, 0) is 24.6 Å². The largest absolute Gasteiger partial charge is 0.502 e. The van der Waals surface area contributed by atoms with Crippen LogP contribution >= 0.6 is 0 Å². The van der Waals surface area contributed by atoms with E-state index in [0.717, 1.165) is 5.56 Å². The van der Waals surface area contributed by atoms with Crippen LogP contribution in [0.3, 0.4) is 0 Å². The molecule has 0 bridgehead atoms. The fourth-order valence-electron chi connectivity index (χ4n) is 0.991. The zero-order valence-corrected chi connectivity index (χ0v) is 7.10. The third-order valence-electron chi connectivity index (χ3n) is 1.56. The molecule has 0 radical (unpaired) electrons. The molecule has 0 amide bonds. The van der Waals surface area contributed by atoms with E-state index in [1.165, 1.54) is 12.1 Å². The lowest BCUT2D eigenvalue weighted by molar-refractivity contribution is -0.385. The minimum absolute atomic E-state index is 0.270. The van der Waals surface area contributed by atoms with Crippen LogP contribution in [0.25, 0.3) is 6.08 Å². The van der Waals surface area contributed by atoms with Crippen LogP contribution in [0.15, 0.2) is 24.3 Å². The van der Waals surface area contributed by atoms with Gasteiger partial charge in [-0.25, -0.2) is 0 Å². The number of aromatic hydroxyl groups is 1. The fraction of sp³-hybridized carbons (Fsp3) is 0.111. The number of allylic oxidation sites excluding steroid dienone is 1. The van der Waals surface area contributed by atoms with E-state index in [-0.39, 0.29) is 11.4 Å². The Morgan fingerprint density at radius 2 is 2.23 bits per heavy atom. The molecule has 68 valence electrons. The molecule has 0 spiro atoms. The Morgan fingerprint density at radius 1 is 1.54 bits per heavy atom. The number of nitrogens with zero attached hydrogens (tertiary/aromatic N) is 1. The topological polar surface area (TPSA) is 63.4 Å². The molecule has 0 unspecified atom stereocenters. The standard InChI is InChI=1S/C9H9NO3/c1-2-3-7-4-5-8(10(12)13)9(11)6-7/h2-6,11H,1H3/b3-2+. The lowest BCUT2D eigenvalue weighted by atomic mass is 10.2. The summed E-state index contributed by atoms with van der Waals surface area (Å²) in [6.45, 7) is 1.83. The number of benzene rings is 1. The van der Waals surface area contributed by atoms with Gasteiger partial charge in [0, 0.05) is 6.07 Å². The summed E-state index contributed by atoms with van der Waals surface area (Å²) in [5.74, 6) is -0.305. The molecule has 0 aliphatic heterocycles. The summed E-state index contributed by atoms with van der Waals surface area (Å²) in [7, 11) is 0. The molecular weight excluding hydrogens is 170 g/mol. The van der Waals surface area contributed by atoms with E-state index in [2.05, 4.69) is 0 Å². The third-order valence-corrected chi connectivity index (χ3v) is 1.56. The van der Waals surface area contributed by atoms with Crippen LogP contribution in [0.1, 0.15) is 12.5 Å². The van der Waals surface area contributed by atoms with Crippen molar-refractivity contribution < 1.29 is 10.0 Å². The van der Waals surface area contributed by atoms with E-state index in [0.29, 0.717) is 0 Å². The molecule has 0 aliphatic rings. The van der Waals surface area contributed by atoms with Crippen molar-refractivity contribution >= 4 is 11.8 Å². The van der Waals surface area contributed by atoms with Crippen LogP contribution in [-0.2, 0) is 0 Å². The molecule has 0 saturated heterocycles. The number of rotatable bonds is 2. The summed E-state index contributed by atoms with van der Waals surface area (Å²) in [6.07, 6.45) is 3.55. The highest BCUT2D eigenvalue weighted by Gasteiger charge is 2.11. The van der Waals surface area contributed by atoms with Gasteiger partial charge in [0.2, 0.25) is 0 Å². The van der Waals surface area contributed by atoms with Gasteiger partial charge in [0.25, 0.3) is 0 Å². The number of hydrogen-bond donors (Lipinski definition) is 1. The number of nitro benzene ring substituents is 1. The summed E-state index contributed by atoms with van der Waals surface area (Å²) in [4.78, 5) is 9.70. The molecule has 0 saturated carbocycles. The van der Waals surface area contributed by atoms with Gasteiger partial charge in [0.05, 0.1) is 4.92 Å². The van der Waals surface area contributed by atoms with Crippen molar-refractivity contribution in [1.82, 2.24) is 0 Å². The highest BCUT2D eigenvalue weighted by atomic mass is 16.6. The molecule has 0 aromatic heterocycles. The van der Waals surface area contributed by atoms with Crippen LogP contribution in [-0.4, -0.2) is 10.0 Å². The molecule has 4 nitrogen and oxygen atoms in total. The molecule has 13 heavy (non-hydrogen) atoms. The predicted octanol–water partition coefficient (Wildman–Crippen LogP) is 2.33. The zero-order valence-electron chi connectivity index (χ0n) is 7.10. The maximum absolute atomic E-state index is 10.3.